The highest BCUT2D eigenvalue weighted by atomic mass is 35.5. The number of hydrazine groups is 1. The standard InChI is InChI=1S/C23H35ClFN7O4/c24-23-26-20(28-29-22(34)17(13-31(35)15-33)12-16-4-1-2-5-16)19(25)21(27-23)32-7-3-6-18(32)14-30-8-10-36-11-9-30/h15-18,35H,1-14H2,(H,29,34)(H,26,27,28)/t17-,18-/m1/s1. The van der Waals surface area contributed by atoms with Gasteiger partial charge in [0.05, 0.1) is 25.7 Å². The number of carbonyl (C=O) groups is 2. The van der Waals surface area contributed by atoms with E-state index in [4.69, 9.17) is 16.3 Å². The van der Waals surface area contributed by atoms with Crippen molar-refractivity contribution < 1.29 is 23.9 Å². The number of hydrogen-bond acceptors (Lipinski definition) is 9. The van der Waals surface area contributed by atoms with E-state index in [2.05, 4.69) is 25.7 Å². The Morgan fingerprint density at radius 2 is 1.97 bits per heavy atom. The Labute approximate surface area is 215 Å². The van der Waals surface area contributed by atoms with Gasteiger partial charge in [-0.25, -0.2) is 5.06 Å². The predicted octanol–water partition coefficient (Wildman–Crippen LogP) is 2.06. The molecule has 0 unspecified atom stereocenters. The van der Waals surface area contributed by atoms with Crippen LogP contribution in [0.3, 0.4) is 0 Å². The predicted molar refractivity (Wildman–Crippen MR) is 131 cm³/mol. The van der Waals surface area contributed by atoms with Gasteiger partial charge in [-0.15, -0.1) is 0 Å². The topological polar surface area (TPSA) is 123 Å². The van der Waals surface area contributed by atoms with Crippen molar-refractivity contribution in [2.75, 3.05) is 56.3 Å². The summed E-state index contributed by atoms with van der Waals surface area (Å²) in [4.78, 5) is 36.2. The second kappa shape index (κ2) is 12.8. The number of rotatable bonds is 11. The fourth-order valence-corrected chi connectivity index (χ4v) is 5.64. The molecule has 13 heteroatoms. The van der Waals surface area contributed by atoms with Crippen LogP contribution >= 0.6 is 11.6 Å². The Hall–Kier alpha value is -2.28. The van der Waals surface area contributed by atoms with Crippen LogP contribution in [0.15, 0.2) is 0 Å². The van der Waals surface area contributed by atoms with Gasteiger partial charge in [0.2, 0.25) is 23.4 Å². The summed E-state index contributed by atoms with van der Waals surface area (Å²) in [5.41, 5.74) is 5.05. The first kappa shape index (κ1) is 26.8. The molecule has 2 aliphatic heterocycles. The molecular formula is C23H35ClFN7O4. The van der Waals surface area contributed by atoms with Crippen LogP contribution in [0.1, 0.15) is 44.9 Å². The molecule has 3 N–H and O–H groups in total. The molecule has 3 heterocycles. The van der Waals surface area contributed by atoms with Crippen molar-refractivity contribution in [3.05, 3.63) is 11.1 Å². The van der Waals surface area contributed by atoms with Crippen LogP contribution in [-0.4, -0.2) is 89.4 Å². The van der Waals surface area contributed by atoms with Crippen molar-refractivity contribution in [3.8, 4) is 0 Å². The number of ether oxygens (including phenoxy) is 1. The number of morpholine rings is 1. The smallest absolute Gasteiger partial charge is 0.243 e. The Balaban J connectivity index is 1.43. The third kappa shape index (κ3) is 6.93. The van der Waals surface area contributed by atoms with E-state index in [1.54, 1.807) is 0 Å². The molecule has 1 aromatic heterocycles. The van der Waals surface area contributed by atoms with Gasteiger partial charge < -0.3 is 9.64 Å². The van der Waals surface area contributed by atoms with Gasteiger partial charge in [0.25, 0.3) is 0 Å². The quantitative estimate of drug-likeness (QED) is 0.172. The number of anilines is 2. The Morgan fingerprint density at radius 1 is 1.22 bits per heavy atom. The van der Waals surface area contributed by atoms with Crippen LogP contribution in [0.4, 0.5) is 16.0 Å². The number of amides is 2. The molecule has 36 heavy (non-hydrogen) atoms. The number of nitrogens with one attached hydrogen (secondary N) is 2. The van der Waals surface area contributed by atoms with E-state index >= 15 is 4.39 Å². The summed E-state index contributed by atoms with van der Waals surface area (Å²) in [6, 6.07) is 0.0840. The van der Waals surface area contributed by atoms with Crippen LogP contribution in [-0.2, 0) is 14.3 Å². The third-order valence-electron chi connectivity index (χ3n) is 7.32. The molecule has 1 aromatic rings. The van der Waals surface area contributed by atoms with Crippen LogP contribution in [0.25, 0.3) is 0 Å². The molecule has 3 fully saturated rings. The van der Waals surface area contributed by atoms with Gasteiger partial charge in [-0.3, -0.25) is 30.5 Å². The lowest BCUT2D eigenvalue weighted by Gasteiger charge is -2.33. The van der Waals surface area contributed by atoms with E-state index in [0.717, 1.165) is 58.2 Å². The Kier molecular flexibility index (Phi) is 9.52. The Bertz CT molecular complexity index is 901. The summed E-state index contributed by atoms with van der Waals surface area (Å²) in [6.45, 7) is 4.34. The summed E-state index contributed by atoms with van der Waals surface area (Å²) in [6.07, 6.45) is 6.82. The number of halogens is 2. The van der Waals surface area contributed by atoms with Gasteiger partial charge >= 0.3 is 0 Å². The largest absolute Gasteiger partial charge is 0.379 e. The number of hydrogen-bond donors (Lipinski definition) is 3. The van der Waals surface area contributed by atoms with Gasteiger partial charge in [0.1, 0.15) is 0 Å². The zero-order valence-electron chi connectivity index (χ0n) is 20.4. The van der Waals surface area contributed by atoms with E-state index in [-0.39, 0.29) is 35.9 Å². The fourth-order valence-electron chi connectivity index (χ4n) is 5.47. The van der Waals surface area contributed by atoms with Crippen LogP contribution < -0.4 is 15.8 Å². The molecular weight excluding hydrogens is 493 g/mol. The molecule has 11 nitrogen and oxygen atoms in total. The maximum Gasteiger partial charge on any atom is 0.243 e. The van der Waals surface area contributed by atoms with E-state index in [1.165, 1.54) is 0 Å². The molecule has 0 spiro atoms. The highest BCUT2D eigenvalue weighted by Crippen LogP contribution is 2.32. The van der Waals surface area contributed by atoms with Gasteiger partial charge in [0.15, 0.2) is 11.6 Å². The van der Waals surface area contributed by atoms with Gasteiger partial charge in [-0.1, -0.05) is 25.7 Å². The summed E-state index contributed by atoms with van der Waals surface area (Å²) < 4.78 is 21.0. The molecule has 3 aliphatic rings. The summed E-state index contributed by atoms with van der Waals surface area (Å²) >= 11 is 6.15. The fraction of sp³-hybridized carbons (Fsp3) is 0.739. The normalized spacial score (nSPS) is 22.0. The molecule has 2 amide bonds. The minimum absolute atomic E-state index is 0.0840. The van der Waals surface area contributed by atoms with Crippen LogP contribution in [0.5, 0.6) is 0 Å². The summed E-state index contributed by atoms with van der Waals surface area (Å²) in [7, 11) is 0. The first-order chi connectivity index (χ1) is 17.4. The second-order valence-electron chi connectivity index (χ2n) is 9.81. The van der Waals surface area contributed by atoms with Crippen molar-refractivity contribution >= 4 is 35.6 Å². The lowest BCUT2D eigenvalue weighted by molar-refractivity contribution is -0.154. The van der Waals surface area contributed by atoms with Crippen molar-refractivity contribution in [1.29, 1.82) is 0 Å². The number of aromatic nitrogens is 2. The molecule has 2 atom stereocenters. The SMILES string of the molecule is O=CN(O)C[C@@H](CC1CCCC1)C(=O)NNc1nc(Cl)nc(N2CCC[C@@H]2CN2CCOCC2)c1F. The lowest BCUT2D eigenvalue weighted by atomic mass is 9.92. The van der Waals surface area contributed by atoms with Crippen molar-refractivity contribution in [2.24, 2.45) is 11.8 Å². The van der Waals surface area contributed by atoms with E-state index < -0.39 is 17.6 Å². The van der Waals surface area contributed by atoms with E-state index in [1.807, 2.05) is 4.90 Å². The van der Waals surface area contributed by atoms with Crippen molar-refractivity contribution in [2.45, 2.75) is 51.0 Å². The zero-order chi connectivity index (χ0) is 25.5. The molecule has 0 bridgehead atoms. The molecule has 4 rings (SSSR count). The molecule has 1 saturated carbocycles. The van der Waals surface area contributed by atoms with Crippen LogP contribution in [0, 0.1) is 17.7 Å². The van der Waals surface area contributed by atoms with E-state index in [9.17, 15) is 14.8 Å². The third-order valence-corrected chi connectivity index (χ3v) is 7.49. The van der Waals surface area contributed by atoms with E-state index in [0.29, 0.717) is 37.2 Å². The first-order valence-electron chi connectivity index (χ1n) is 12.7. The minimum atomic E-state index is -0.697. The molecule has 2 saturated heterocycles. The monoisotopic (exact) mass is 527 g/mol. The molecule has 0 aromatic carbocycles. The average molecular weight is 528 g/mol. The highest BCUT2D eigenvalue weighted by Gasteiger charge is 2.32. The molecule has 200 valence electrons. The van der Waals surface area contributed by atoms with Crippen molar-refractivity contribution in [1.82, 2.24) is 25.4 Å². The Morgan fingerprint density at radius 3 is 2.69 bits per heavy atom. The maximum absolute atomic E-state index is 15.5. The van der Waals surface area contributed by atoms with Crippen LogP contribution in [0.2, 0.25) is 5.28 Å². The first-order valence-corrected chi connectivity index (χ1v) is 13.1. The number of nitrogens with zero attached hydrogens (tertiary/aromatic N) is 5. The average Bonchev–Trinajstić information content (AvgIpc) is 3.56. The maximum atomic E-state index is 15.5. The highest BCUT2D eigenvalue weighted by molar-refractivity contribution is 6.28. The minimum Gasteiger partial charge on any atom is -0.379 e. The van der Waals surface area contributed by atoms with Gasteiger partial charge in [-0.05, 0) is 36.8 Å². The lowest BCUT2D eigenvalue weighted by Crippen LogP contribution is -2.45. The zero-order valence-corrected chi connectivity index (χ0v) is 21.1. The summed E-state index contributed by atoms with van der Waals surface area (Å²) in [5, 5.41) is 9.99. The summed E-state index contributed by atoms with van der Waals surface area (Å²) in [5.74, 6) is -1.61. The van der Waals surface area contributed by atoms with Gasteiger partial charge in [0, 0.05) is 32.2 Å². The second-order valence-corrected chi connectivity index (χ2v) is 10.1. The number of carbonyl (C=O) groups excluding carboxylic acids is 2. The van der Waals surface area contributed by atoms with Crippen molar-refractivity contribution in [3.63, 3.8) is 0 Å². The number of hydroxylamine groups is 2. The molecule has 1 aliphatic carbocycles. The molecule has 0 radical (unpaired) electrons. The van der Waals surface area contributed by atoms with Gasteiger partial charge in [-0.2, -0.15) is 14.4 Å².